The van der Waals surface area contributed by atoms with Crippen LogP contribution in [-0.4, -0.2) is 23.3 Å². The van der Waals surface area contributed by atoms with Crippen molar-refractivity contribution >= 4 is 53.9 Å². The van der Waals surface area contributed by atoms with Crippen LogP contribution in [0.15, 0.2) is 73.1 Å². The average molecular weight is 510 g/mol. The molecule has 0 radical (unpaired) electrons. The second-order valence-corrected chi connectivity index (χ2v) is 8.20. The zero-order valence-electron chi connectivity index (χ0n) is 18.2. The van der Waals surface area contributed by atoms with Crippen LogP contribution in [-0.2, 0) is 10.2 Å². The zero-order valence-corrected chi connectivity index (χ0v) is 20.6. The summed E-state index contributed by atoms with van der Waals surface area (Å²) >= 11 is 5.94. The Morgan fingerprint density at radius 2 is 1.55 bits per heavy atom. The molecule has 2 aromatic carbocycles. The van der Waals surface area contributed by atoms with Crippen molar-refractivity contribution in [2.24, 2.45) is 5.73 Å². The fourth-order valence-electron chi connectivity index (χ4n) is 3.06. The van der Waals surface area contributed by atoms with Gasteiger partial charge < -0.3 is 16.4 Å². The largest absolute Gasteiger partial charge is 0.353 e. The molecule has 1 unspecified atom stereocenters. The van der Waals surface area contributed by atoms with E-state index >= 15 is 0 Å². The Labute approximate surface area is 211 Å². The number of nitrogens with one attached hydrogen (secondary N) is 2. The van der Waals surface area contributed by atoms with Gasteiger partial charge in [0.15, 0.2) is 0 Å². The number of hydrogen-bond donors (Lipinski definition) is 3. The molecule has 176 valence electrons. The molecule has 0 spiro atoms. The lowest BCUT2D eigenvalue weighted by molar-refractivity contribution is -0.125. The molecule has 0 aliphatic carbocycles. The first-order valence-electron chi connectivity index (χ1n) is 9.88. The molecule has 0 saturated heterocycles. The van der Waals surface area contributed by atoms with Gasteiger partial charge in [-0.2, -0.15) is 0 Å². The number of nitrogens with two attached hydrogens (primary N) is 1. The maximum Gasteiger partial charge on any atom is 0.255 e. The number of halogens is 3. The summed E-state index contributed by atoms with van der Waals surface area (Å²) in [7, 11) is 0. The first kappa shape index (κ1) is 28.4. The number of pyridine rings is 1. The van der Waals surface area contributed by atoms with Crippen molar-refractivity contribution in [3.05, 3.63) is 94.8 Å². The molecule has 0 fully saturated rings. The monoisotopic (exact) mass is 508 g/mol. The summed E-state index contributed by atoms with van der Waals surface area (Å²) in [4.78, 5) is 29.0. The Morgan fingerprint density at radius 1 is 0.970 bits per heavy atom. The van der Waals surface area contributed by atoms with Crippen LogP contribution >= 0.6 is 36.4 Å². The van der Waals surface area contributed by atoms with Crippen molar-refractivity contribution in [1.82, 2.24) is 10.3 Å². The number of aromatic nitrogens is 1. The number of hydrogen-bond acceptors (Lipinski definition) is 4. The second kappa shape index (κ2) is 12.6. The third-order valence-corrected chi connectivity index (χ3v) is 5.41. The average Bonchev–Trinajstić information content (AvgIpc) is 2.78. The molecule has 4 N–H and O–H groups in total. The van der Waals surface area contributed by atoms with E-state index in [4.69, 9.17) is 17.3 Å². The number of carbonyl (C=O) groups is 2. The highest BCUT2D eigenvalue weighted by atomic mass is 35.5. The third-order valence-electron chi connectivity index (χ3n) is 5.16. The van der Waals surface area contributed by atoms with Crippen molar-refractivity contribution in [3.8, 4) is 0 Å². The SMILES string of the molecule is CC(C)(C(=O)NCC(N)c1ccc(C(=O)Nc2ccncc2)cc1)c1ccc(Cl)cc1.Cl.Cl. The molecule has 1 heterocycles. The normalized spacial score (nSPS) is 11.4. The number of rotatable bonds is 7. The van der Waals surface area contributed by atoms with Crippen LogP contribution in [0.1, 0.15) is 41.4 Å². The van der Waals surface area contributed by atoms with Gasteiger partial charge in [-0.25, -0.2) is 0 Å². The molecule has 9 heteroatoms. The molecule has 33 heavy (non-hydrogen) atoms. The number of benzene rings is 2. The Balaban J connectivity index is 0.00000272. The van der Waals surface area contributed by atoms with Gasteiger partial charge in [-0.1, -0.05) is 35.9 Å². The summed E-state index contributed by atoms with van der Waals surface area (Å²) < 4.78 is 0. The Morgan fingerprint density at radius 3 is 2.12 bits per heavy atom. The molecular weight excluding hydrogens is 483 g/mol. The maximum absolute atomic E-state index is 12.7. The fourth-order valence-corrected chi connectivity index (χ4v) is 3.19. The van der Waals surface area contributed by atoms with E-state index in [9.17, 15) is 9.59 Å². The Hall–Kier alpha value is -2.64. The van der Waals surface area contributed by atoms with E-state index < -0.39 is 11.5 Å². The standard InChI is InChI=1S/C24H25ClN4O2.2ClH/c1-24(2,18-7-9-19(25)10-8-18)23(31)28-15-21(26)16-3-5-17(6-4-16)22(30)29-20-11-13-27-14-12-20;;/h3-14,21H,15,26H2,1-2H3,(H,28,31)(H,27,29,30);2*1H. The molecule has 1 atom stereocenters. The summed E-state index contributed by atoms with van der Waals surface area (Å²) in [5, 5.41) is 6.35. The number of carbonyl (C=O) groups excluding carboxylic acids is 2. The lowest BCUT2D eigenvalue weighted by Crippen LogP contribution is -2.42. The highest BCUT2D eigenvalue weighted by molar-refractivity contribution is 6.30. The molecule has 0 aliphatic heterocycles. The summed E-state index contributed by atoms with van der Waals surface area (Å²) in [6.07, 6.45) is 3.22. The van der Waals surface area contributed by atoms with Gasteiger partial charge in [-0.05, 0) is 61.4 Å². The number of nitrogens with zero attached hydrogens (tertiary/aromatic N) is 1. The van der Waals surface area contributed by atoms with Gasteiger partial charge >= 0.3 is 0 Å². The Kier molecular flexibility index (Phi) is 10.8. The van der Waals surface area contributed by atoms with Gasteiger partial charge in [0.2, 0.25) is 5.91 Å². The molecule has 3 aromatic rings. The third kappa shape index (κ3) is 7.44. The highest BCUT2D eigenvalue weighted by Crippen LogP contribution is 2.25. The molecular formula is C24H27Cl3N4O2. The lowest BCUT2D eigenvalue weighted by atomic mass is 9.83. The molecule has 0 bridgehead atoms. The van der Waals surface area contributed by atoms with E-state index in [0.29, 0.717) is 16.3 Å². The fraction of sp³-hybridized carbons (Fsp3) is 0.208. The van der Waals surface area contributed by atoms with Crippen LogP contribution in [0.5, 0.6) is 0 Å². The summed E-state index contributed by atoms with van der Waals surface area (Å²) in [6.45, 7) is 3.99. The first-order chi connectivity index (χ1) is 14.8. The molecule has 2 amide bonds. The minimum atomic E-state index is -0.723. The van der Waals surface area contributed by atoms with E-state index in [-0.39, 0.29) is 43.2 Å². The van der Waals surface area contributed by atoms with Gasteiger partial charge in [0.1, 0.15) is 0 Å². The van der Waals surface area contributed by atoms with Crippen molar-refractivity contribution in [2.45, 2.75) is 25.3 Å². The first-order valence-corrected chi connectivity index (χ1v) is 10.3. The molecule has 3 rings (SSSR count). The van der Waals surface area contributed by atoms with Crippen molar-refractivity contribution < 1.29 is 9.59 Å². The van der Waals surface area contributed by atoms with E-state index in [2.05, 4.69) is 15.6 Å². The number of amides is 2. The van der Waals surface area contributed by atoms with Gasteiger partial charge in [-0.15, -0.1) is 24.8 Å². The van der Waals surface area contributed by atoms with E-state index in [0.717, 1.165) is 11.1 Å². The highest BCUT2D eigenvalue weighted by Gasteiger charge is 2.29. The molecule has 0 saturated carbocycles. The minimum absolute atomic E-state index is 0. The zero-order chi connectivity index (χ0) is 22.4. The van der Waals surface area contributed by atoms with Crippen LogP contribution in [0.2, 0.25) is 5.02 Å². The van der Waals surface area contributed by atoms with E-state index in [1.807, 2.05) is 26.0 Å². The smallest absolute Gasteiger partial charge is 0.255 e. The van der Waals surface area contributed by atoms with Gasteiger partial charge in [0.05, 0.1) is 5.41 Å². The minimum Gasteiger partial charge on any atom is -0.353 e. The molecule has 1 aromatic heterocycles. The Bertz CT molecular complexity index is 1040. The lowest BCUT2D eigenvalue weighted by Gasteiger charge is -2.25. The van der Waals surface area contributed by atoms with Crippen molar-refractivity contribution in [1.29, 1.82) is 0 Å². The predicted molar refractivity (Wildman–Crippen MR) is 138 cm³/mol. The van der Waals surface area contributed by atoms with Crippen LogP contribution < -0.4 is 16.4 Å². The predicted octanol–water partition coefficient (Wildman–Crippen LogP) is 4.92. The van der Waals surface area contributed by atoms with Crippen LogP contribution in [0.4, 0.5) is 5.69 Å². The van der Waals surface area contributed by atoms with Crippen molar-refractivity contribution in [3.63, 3.8) is 0 Å². The van der Waals surface area contributed by atoms with Gasteiger partial charge in [-0.3, -0.25) is 14.6 Å². The quantitative estimate of drug-likeness (QED) is 0.421. The summed E-state index contributed by atoms with van der Waals surface area (Å²) in [5.74, 6) is -0.344. The summed E-state index contributed by atoms with van der Waals surface area (Å²) in [6, 6.07) is 17.3. The van der Waals surface area contributed by atoms with Crippen LogP contribution in [0.25, 0.3) is 0 Å². The van der Waals surface area contributed by atoms with Crippen molar-refractivity contribution in [2.75, 3.05) is 11.9 Å². The molecule has 0 aliphatic rings. The van der Waals surface area contributed by atoms with Gasteiger partial charge in [0, 0.05) is 41.3 Å². The van der Waals surface area contributed by atoms with Crippen LogP contribution in [0.3, 0.4) is 0 Å². The number of anilines is 1. The van der Waals surface area contributed by atoms with Gasteiger partial charge in [0.25, 0.3) is 5.91 Å². The summed E-state index contributed by atoms with van der Waals surface area (Å²) in [5.41, 5.74) is 8.41. The van der Waals surface area contributed by atoms with Crippen LogP contribution in [0, 0.1) is 0 Å². The van der Waals surface area contributed by atoms with E-state index in [1.165, 1.54) is 0 Å². The maximum atomic E-state index is 12.7. The van der Waals surface area contributed by atoms with E-state index in [1.54, 1.807) is 60.9 Å². The topological polar surface area (TPSA) is 97.1 Å². The molecule has 6 nitrogen and oxygen atoms in total. The second-order valence-electron chi connectivity index (χ2n) is 7.76.